The second-order valence-electron chi connectivity index (χ2n) is 7.38. The number of Topliss-reactive ketones (excluding diaryl/α,β-unsaturated/α-hetero) is 2. The van der Waals surface area contributed by atoms with Crippen molar-refractivity contribution in [2.75, 3.05) is 7.11 Å². The Morgan fingerprint density at radius 1 is 0.818 bits per heavy atom. The lowest BCUT2D eigenvalue weighted by Gasteiger charge is -2.22. The maximum absolute atomic E-state index is 12.6. The van der Waals surface area contributed by atoms with E-state index in [2.05, 4.69) is 0 Å². The van der Waals surface area contributed by atoms with Crippen molar-refractivity contribution in [1.82, 2.24) is 0 Å². The summed E-state index contributed by atoms with van der Waals surface area (Å²) in [6.07, 6.45) is 0. The van der Waals surface area contributed by atoms with Gasteiger partial charge in [-0.15, -0.1) is 0 Å². The van der Waals surface area contributed by atoms with Crippen LogP contribution in [-0.2, 0) is 4.74 Å². The van der Waals surface area contributed by atoms with Crippen LogP contribution in [0.4, 0.5) is 0 Å². The Morgan fingerprint density at radius 2 is 1.18 bits per heavy atom. The van der Waals surface area contributed by atoms with Crippen LogP contribution in [-0.4, -0.2) is 24.6 Å². The quantitative estimate of drug-likeness (QED) is 0.627. The summed E-state index contributed by atoms with van der Waals surface area (Å²) in [5.74, 6) is -1.06. The third-order valence-electron chi connectivity index (χ3n) is 3.31. The monoisotopic (exact) mass is 304 g/mol. The standard InChI is InChI=1S/C18H24O4/c1-17(2,3)14(19)11-9-8-10-12(13(11)16(21)22-7)15(20)18(4,5)6/h8-10H,1-7H3. The molecule has 0 fully saturated rings. The SMILES string of the molecule is COC(=O)c1c(C(=O)C(C)(C)C)cccc1C(=O)C(C)(C)C. The average molecular weight is 304 g/mol. The zero-order chi connectivity index (χ0) is 17.3. The van der Waals surface area contributed by atoms with Gasteiger partial charge in [0.2, 0.25) is 0 Å². The maximum atomic E-state index is 12.6. The molecule has 0 aliphatic carbocycles. The van der Waals surface area contributed by atoms with Gasteiger partial charge >= 0.3 is 5.97 Å². The Morgan fingerprint density at radius 3 is 1.45 bits per heavy atom. The van der Waals surface area contributed by atoms with Gasteiger partial charge in [0.15, 0.2) is 11.6 Å². The van der Waals surface area contributed by atoms with E-state index in [9.17, 15) is 14.4 Å². The van der Waals surface area contributed by atoms with Gasteiger partial charge < -0.3 is 4.74 Å². The molecule has 0 aliphatic rings. The van der Waals surface area contributed by atoms with Gasteiger partial charge in [0.1, 0.15) is 0 Å². The Kier molecular flexibility index (Phi) is 4.96. The lowest BCUT2D eigenvalue weighted by atomic mass is 9.80. The molecule has 0 aromatic heterocycles. The minimum absolute atomic E-state index is 0.0600. The Labute approximate surface area is 131 Å². The molecular formula is C18H24O4. The fourth-order valence-corrected chi connectivity index (χ4v) is 2.06. The summed E-state index contributed by atoms with van der Waals surface area (Å²) < 4.78 is 4.80. The average Bonchev–Trinajstić information content (AvgIpc) is 2.41. The molecule has 1 aromatic carbocycles. The number of rotatable bonds is 3. The molecule has 0 amide bonds. The molecule has 0 atom stereocenters. The number of ketones is 2. The molecule has 1 rings (SSSR count). The van der Waals surface area contributed by atoms with E-state index in [1.54, 1.807) is 59.7 Å². The number of benzene rings is 1. The number of hydrogen-bond donors (Lipinski definition) is 0. The first-order valence-electron chi connectivity index (χ1n) is 7.22. The fourth-order valence-electron chi connectivity index (χ4n) is 2.06. The summed E-state index contributed by atoms with van der Waals surface area (Å²) in [6, 6.07) is 4.77. The molecule has 0 heterocycles. The highest BCUT2D eigenvalue weighted by Gasteiger charge is 2.33. The van der Waals surface area contributed by atoms with Crippen LogP contribution in [0.2, 0.25) is 0 Å². The van der Waals surface area contributed by atoms with Gasteiger partial charge in [-0.05, 0) is 0 Å². The van der Waals surface area contributed by atoms with Crippen LogP contribution in [0, 0.1) is 10.8 Å². The highest BCUT2D eigenvalue weighted by Crippen LogP contribution is 2.29. The van der Waals surface area contributed by atoms with Crippen LogP contribution in [0.15, 0.2) is 18.2 Å². The smallest absolute Gasteiger partial charge is 0.339 e. The van der Waals surface area contributed by atoms with Gasteiger partial charge in [0, 0.05) is 22.0 Å². The van der Waals surface area contributed by atoms with Crippen LogP contribution in [0.5, 0.6) is 0 Å². The van der Waals surface area contributed by atoms with E-state index in [-0.39, 0.29) is 28.3 Å². The molecule has 0 N–H and O–H groups in total. The zero-order valence-electron chi connectivity index (χ0n) is 14.4. The molecule has 0 saturated heterocycles. The van der Waals surface area contributed by atoms with E-state index in [1.807, 2.05) is 0 Å². The predicted molar refractivity (Wildman–Crippen MR) is 85.4 cm³/mol. The Hall–Kier alpha value is -1.97. The van der Waals surface area contributed by atoms with Crippen molar-refractivity contribution in [2.45, 2.75) is 41.5 Å². The van der Waals surface area contributed by atoms with E-state index in [0.717, 1.165) is 0 Å². The second-order valence-corrected chi connectivity index (χ2v) is 7.38. The van der Waals surface area contributed by atoms with Crippen LogP contribution in [0.25, 0.3) is 0 Å². The number of ether oxygens (including phenoxy) is 1. The highest BCUT2D eigenvalue weighted by molar-refractivity contribution is 6.15. The van der Waals surface area contributed by atoms with Gasteiger partial charge in [0.05, 0.1) is 12.7 Å². The molecule has 4 nitrogen and oxygen atoms in total. The van der Waals surface area contributed by atoms with Crippen molar-refractivity contribution in [3.05, 3.63) is 34.9 Å². The van der Waals surface area contributed by atoms with E-state index in [4.69, 9.17) is 4.74 Å². The summed E-state index contributed by atoms with van der Waals surface area (Å²) in [5.41, 5.74) is -0.799. The van der Waals surface area contributed by atoms with Gasteiger partial charge in [0.25, 0.3) is 0 Å². The molecule has 4 heteroatoms. The second kappa shape index (κ2) is 6.03. The first-order valence-corrected chi connectivity index (χ1v) is 7.22. The van der Waals surface area contributed by atoms with Crippen LogP contribution < -0.4 is 0 Å². The molecule has 120 valence electrons. The normalized spacial score (nSPS) is 12.0. The Bertz CT molecular complexity index is 569. The van der Waals surface area contributed by atoms with E-state index < -0.39 is 16.8 Å². The van der Waals surface area contributed by atoms with Crippen molar-refractivity contribution in [1.29, 1.82) is 0 Å². The molecule has 0 saturated carbocycles. The summed E-state index contributed by atoms with van der Waals surface area (Å²) in [5, 5.41) is 0. The number of hydrogen-bond acceptors (Lipinski definition) is 4. The number of carbonyl (C=O) groups excluding carboxylic acids is 3. The molecular weight excluding hydrogens is 280 g/mol. The van der Waals surface area contributed by atoms with Crippen LogP contribution >= 0.6 is 0 Å². The zero-order valence-corrected chi connectivity index (χ0v) is 14.4. The first kappa shape index (κ1) is 18.1. The summed E-state index contributed by atoms with van der Waals surface area (Å²) in [4.78, 5) is 37.4. The first-order chi connectivity index (χ1) is 9.91. The summed E-state index contributed by atoms with van der Waals surface area (Å²) in [6.45, 7) is 10.6. The van der Waals surface area contributed by atoms with Crippen molar-refractivity contribution in [2.24, 2.45) is 10.8 Å². The maximum Gasteiger partial charge on any atom is 0.339 e. The van der Waals surface area contributed by atoms with Gasteiger partial charge in [-0.1, -0.05) is 59.7 Å². The molecule has 22 heavy (non-hydrogen) atoms. The van der Waals surface area contributed by atoms with Crippen molar-refractivity contribution in [3.8, 4) is 0 Å². The van der Waals surface area contributed by atoms with Crippen molar-refractivity contribution < 1.29 is 19.1 Å². The van der Waals surface area contributed by atoms with Crippen molar-refractivity contribution in [3.63, 3.8) is 0 Å². The topological polar surface area (TPSA) is 60.4 Å². The minimum Gasteiger partial charge on any atom is -0.465 e. The highest BCUT2D eigenvalue weighted by atomic mass is 16.5. The summed E-state index contributed by atoms with van der Waals surface area (Å²) in [7, 11) is 1.24. The van der Waals surface area contributed by atoms with Crippen LogP contribution in [0.1, 0.15) is 72.6 Å². The van der Waals surface area contributed by atoms with Gasteiger partial charge in [-0.2, -0.15) is 0 Å². The molecule has 0 radical (unpaired) electrons. The Balaban J connectivity index is 3.65. The molecule has 1 aromatic rings. The van der Waals surface area contributed by atoms with E-state index >= 15 is 0 Å². The van der Waals surface area contributed by atoms with Crippen molar-refractivity contribution >= 4 is 17.5 Å². The molecule has 0 spiro atoms. The number of methoxy groups -OCH3 is 1. The lowest BCUT2D eigenvalue weighted by molar-refractivity contribution is 0.0589. The fraction of sp³-hybridized carbons (Fsp3) is 0.500. The van der Waals surface area contributed by atoms with E-state index in [0.29, 0.717) is 0 Å². The third kappa shape index (κ3) is 3.62. The lowest BCUT2D eigenvalue weighted by Crippen LogP contribution is -2.27. The third-order valence-corrected chi connectivity index (χ3v) is 3.31. The minimum atomic E-state index is -0.666. The van der Waals surface area contributed by atoms with Gasteiger partial charge in [-0.3, -0.25) is 9.59 Å². The summed E-state index contributed by atoms with van der Waals surface area (Å²) >= 11 is 0. The molecule has 0 bridgehead atoms. The van der Waals surface area contributed by atoms with Gasteiger partial charge in [-0.25, -0.2) is 4.79 Å². The predicted octanol–water partition coefficient (Wildman–Crippen LogP) is 3.93. The number of carbonyl (C=O) groups is 3. The molecule has 0 unspecified atom stereocenters. The molecule has 0 aliphatic heterocycles. The van der Waals surface area contributed by atoms with E-state index in [1.165, 1.54) is 7.11 Å². The largest absolute Gasteiger partial charge is 0.465 e. The number of esters is 1. The van der Waals surface area contributed by atoms with Crippen LogP contribution in [0.3, 0.4) is 0 Å².